The normalized spacial score (nSPS) is 11.1. The average Bonchev–Trinajstić information content (AvgIpc) is 3.21. The predicted octanol–water partition coefficient (Wildman–Crippen LogP) is 5.67. The number of methoxy groups -OCH3 is 1. The summed E-state index contributed by atoms with van der Waals surface area (Å²) in [5.74, 6) is 0.947. The third-order valence-electron chi connectivity index (χ3n) is 4.92. The number of pyridine rings is 1. The number of para-hydroxylation sites is 1. The first-order valence-corrected chi connectivity index (χ1v) is 10.6. The van der Waals surface area contributed by atoms with Crippen molar-refractivity contribution in [3.63, 3.8) is 0 Å². The summed E-state index contributed by atoms with van der Waals surface area (Å²) in [6.45, 7) is 4.66. The van der Waals surface area contributed by atoms with Crippen LogP contribution in [0.5, 0.6) is 5.75 Å². The molecule has 0 radical (unpaired) electrons. The van der Waals surface area contributed by atoms with E-state index in [2.05, 4.69) is 31.0 Å². The predicted molar refractivity (Wildman–Crippen MR) is 121 cm³/mol. The zero-order valence-corrected chi connectivity index (χ0v) is 18.0. The van der Waals surface area contributed by atoms with E-state index in [0.29, 0.717) is 28.9 Å². The first-order chi connectivity index (χ1) is 14.6. The Kier molecular flexibility index (Phi) is 5.77. The fourth-order valence-corrected chi connectivity index (χ4v) is 4.31. The smallest absolute Gasteiger partial charge is 0.260 e. The Balaban J connectivity index is 1.77. The summed E-state index contributed by atoms with van der Waals surface area (Å²) in [7, 11) is 1.61. The molecule has 0 bridgehead atoms. The lowest BCUT2D eigenvalue weighted by molar-refractivity contribution is 0.0985. The highest BCUT2D eigenvalue weighted by molar-refractivity contribution is 7.22. The summed E-state index contributed by atoms with van der Waals surface area (Å²) in [5.41, 5.74) is 3.53. The maximum absolute atomic E-state index is 13.5. The Hall–Kier alpha value is -3.25. The Labute approximate surface area is 180 Å². The van der Waals surface area contributed by atoms with Crippen molar-refractivity contribution >= 4 is 32.6 Å². The van der Waals surface area contributed by atoms with Crippen LogP contribution in [0.4, 0.5) is 5.13 Å². The molecule has 0 spiro atoms. The fourth-order valence-electron chi connectivity index (χ4n) is 3.31. The molecule has 0 aliphatic heterocycles. The summed E-state index contributed by atoms with van der Waals surface area (Å²) < 4.78 is 6.29. The number of hydrogen-bond acceptors (Lipinski definition) is 5. The molecule has 0 N–H and O–H groups in total. The molecule has 4 aromatic rings. The minimum atomic E-state index is -0.117. The second-order valence-electron chi connectivity index (χ2n) is 7.29. The van der Waals surface area contributed by atoms with Crippen LogP contribution in [0.1, 0.15) is 41.4 Å². The molecule has 2 aromatic carbocycles. The molecule has 30 heavy (non-hydrogen) atoms. The highest BCUT2D eigenvalue weighted by Gasteiger charge is 2.23. The van der Waals surface area contributed by atoms with Crippen LogP contribution >= 0.6 is 11.3 Å². The number of ether oxygens (including phenoxy) is 1. The molecular formula is C24H23N3O2S. The molecule has 2 aromatic heterocycles. The second kappa shape index (κ2) is 8.63. The van der Waals surface area contributed by atoms with Crippen molar-refractivity contribution in [2.24, 2.45) is 0 Å². The molecular weight excluding hydrogens is 394 g/mol. The van der Waals surface area contributed by atoms with Crippen LogP contribution in [0, 0.1) is 0 Å². The number of anilines is 1. The Bertz CT molecular complexity index is 1150. The zero-order valence-electron chi connectivity index (χ0n) is 17.2. The first kappa shape index (κ1) is 20.0. The lowest BCUT2D eigenvalue weighted by Crippen LogP contribution is -2.30. The molecule has 0 aliphatic rings. The van der Waals surface area contributed by atoms with Gasteiger partial charge in [-0.05, 0) is 53.9 Å². The van der Waals surface area contributed by atoms with Gasteiger partial charge in [0.2, 0.25) is 0 Å². The molecule has 152 valence electrons. The number of benzene rings is 2. The van der Waals surface area contributed by atoms with Crippen LogP contribution in [-0.2, 0) is 6.54 Å². The van der Waals surface area contributed by atoms with Crippen molar-refractivity contribution in [2.75, 3.05) is 12.0 Å². The van der Waals surface area contributed by atoms with Crippen molar-refractivity contribution in [1.82, 2.24) is 9.97 Å². The van der Waals surface area contributed by atoms with E-state index in [1.165, 1.54) is 16.9 Å². The third-order valence-corrected chi connectivity index (χ3v) is 5.96. The largest absolute Gasteiger partial charge is 0.497 e. The number of amides is 1. The van der Waals surface area contributed by atoms with E-state index >= 15 is 0 Å². The number of carbonyl (C=O) groups excluding carboxylic acids is 1. The Morgan fingerprint density at radius 1 is 1.07 bits per heavy atom. The SMILES string of the molecule is COc1ccc(C(=O)N(Cc2ccccn2)c2nc3c(C(C)C)cccc3s2)cc1. The van der Waals surface area contributed by atoms with Gasteiger partial charge in [-0.1, -0.05) is 43.4 Å². The third kappa shape index (κ3) is 4.04. The standard InChI is InChI=1S/C24H23N3O2S/c1-16(2)20-8-6-9-21-22(20)26-24(30-21)27(15-18-7-4-5-14-25-18)23(28)17-10-12-19(29-3)13-11-17/h4-14,16H,15H2,1-3H3. The molecule has 2 heterocycles. The van der Waals surface area contributed by atoms with Crippen molar-refractivity contribution in [3.05, 3.63) is 83.7 Å². The molecule has 0 saturated heterocycles. The van der Waals surface area contributed by atoms with E-state index in [-0.39, 0.29) is 5.91 Å². The minimum absolute atomic E-state index is 0.117. The van der Waals surface area contributed by atoms with Crippen molar-refractivity contribution < 1.29 is 9.53 Å². The molecule has 0 fully saturated rings. The van der Waals surface area contributed by atoms with Crippen LogP contribution < -0.4 is 9.64 Å². The van der Waals surface area contributed by atoms with Crippen LogP contribution in [-0.4, -0.2) is 23.0 Å². The highest BCUT2D eigenvalue weighted by atomic mass is 32.1. The van der Waals surface area contributed by atoms with Crippen LogP contribution in [0.2, 0.25) is 0 Å². The zero-order chi connectivity index (χ0) is 21.1. The van der Waals surface area contributed by atoms with Gasteiger partial charge in [0.1, 0.15) is 5.75 Å². The van der Waals surface area contributed by atoms with Gasteiger partial charge in [-0.2, -0.15) is 0 Å². The second-order valence-corrected chi connectivity index (χ2v) is 8.30. The molecule has 6 heteroatoms. The van der Waals surface area contributed by atoms with Gasteiger partial charge < -0.3 is 4.74 Å². The van der Waals surface area contributed by atoms with Gasteiger partial charge in [-0.15, -0.1) is 0 Å². The van der Waals surface area contributed by atoms with Gasteiger partial charge in [0.05, 0.1) is 29.6 Å². The molecule has 0 unspecified atom stereocenters. The van der Waals surface area contributed by atoms with E-state index < -0.39 is 0 Å². The van der Waals surface area contributed by atoms with Gasteiger partial charge in [0, 0.05) is 11.8 Å². The molecule has 1 amide bonds. The summed E-state index contributed by atoms with van der Waals surface area (Å²) in [6, 6.07) is 19.1. The Morgan fingerprint density at radius 2 is 1.87 bits per heavy atom. The maximum atomic E-state index is 13.5. The molecule has 4 rings (SSSR count). The molecule has 0 atom stereocenters. The van der Waals surface area contributed by atoms with Crippen LogP contribution in [0.15, 0.2) is 66.9 Å². The maximum Gasteiger partial charge on any atom is 0.260 e. The fraction of sp³-hybridized carbons (Fsp3) is 0.208. The van der Waals surface area contributed by atoms with E-state index in [0.717, 1.165) is 15.9 Å². The molecule has 0 saturated carbocycles. The number of nitrogens with zero attached hydrogens (tertiary/aromatic N) is 3. The number of carbonyl (C=O) groups is 1. The van der Waals surface area contributed by atoms with E-state index in [1.807, 2.05) is 24.3 Å². The monoisotopic (exact) mass is 417 g/mol. The summed E-state index contributed by atoms with van der Waals surface area (Å²) in [6.07, 6.45) is 1.74. The lowest BCUT2D eigenvalue weighted by atomic mass is 10.0. The first-order valence-electron chi connectivity index (χ1n) is 9.82. The van der Waals surface area contributed by atoms with Gasteiger partial charge in [0.15, 0.2) is 5.13 Å². The molecule has 0 aliphatic carbocycles. The lowest BCUT2D eigenvalue weighted by Gasteiger charge is -2.19. The Morgan fingerprint density at radius 3 is 2.53 bits per heavy atom. The van der Waals surface area contributed by atoms with Crippen LogP contribution in [0.3, 0.4) is 0 Å². The van der Waals surface area contributed by atoms with Crippen molar-refractivity contribution in [2.45, 2.75) is 26.3 Å². The topological polar surface area (TPSA) is 55.3 Å². The molecule has 5 nitrogen and oxygen atoms in total. The van der Waals surface area contributed by atoms with Crippen LogP contribution in [0.25, 0.3) is 10.2 Å². The summed E-state index contributed by atoms with van der Waals surface area (Å²) >= 11 is 1.53. The summed E-state index contributed by atoms with van der Waals surface area (Å²) in [4.78, 5) is 24.5. The summed E-state index contributed by atoms with van der Waals surface area (Å²) in [5, 5.41) is 0.671. The number of thiazole rings is 1. The van der Waals surface area contributed by atoms with Gasteiger partial charge >= 0.3 is 0 Å². The van der Waals surface area contributed by atoms with Gasteiger partial charge in [-0.3, -0.25) is 14.7 Å². The number of fused-ring (bicyclic) bond motifs is 1. The van der Waals surface area contributed by atoms with Gasteiger partial charge in [0.25, 0.3) is 5.91 Å². The van der Waals surface area contributed by atoms with E-state index in [9.17, 15) is 4.79 Å². The quantitative estimate of drug-likeness (QED) is 0.406. The number of rotatable bonds is 6. The highest BCUT2D eigenvalue weighted by Crippen LogP contribution is 2.34. The number of hydrogen-bond donors (Lipinski definition) is 0. The van der Waals surface area contributed by atoms with Crippen molar-refractivity contribution in [3.8, 4) is 5.75 Å². The number of aromatic nitrogens is 2. The van der Waals surface area contributed by atoms with E-state index in [4.69, 9.17) is 9.72 Å². The van der Waals surface area contributed by atoms with Crippen molar-refractivity contribution in [1.29, 1.82) is 0 Å². The van der Waals surface area contributed by atoms with Gasteiger partial charge in [-0.25, -0.2) is 4.98 Å². The average molecular weight is 418 g/mol. The van der Waals surface area contributed by atoms with E-state index in [1.54, 1.807) is 42.5 Å². The minimum Gasteiger partial charge on any atom is -0.497 e.